The molecule has 20 heavy (non-hydrogen) atoms. The summed E-state index contributed by atoms with van der Waals surface area (Å²) in [6.07, 6.45) is 11.2. The molecule has 0 saturated heterocycles. The number of aromatic nitrogens is 2. The van der Waals surface area contributed by atoms with Gasteiger partial charge in [0.15, 0.2) is 5.78 Å². The van der Waals surface area contributed by atoms with Crippen LogP contribution >= 0.6 is 23.9 Å². The molecule has 0 aromatic carbocycles. The maximum Gasteiger partial charge on any atom is 0.196 e. The number of hydrogen-bond acceptors (Lipinski definition) is 3. The fourth-order valence-corrected chi connectivity index (χ4v) is 2.85. The van der Waals surface area contributed by atoms with Gasteiger partial charge in [-0.25, -0.2) is 0 Å². The van der Waals surface area contributed by atoms with Crippen LogP contribution in [0.2, 0.25) is 0 Å². The van der Waals surface area contributed by atoms with Crippen molar-refractivity contribution in [2.24, 2.45) is 0 Å². The van der Waals surface area contributed by atoms with E-state index >= 15 is 0 Å². The average molecular weight is 304 g/mol. The summed E-state index contributed by atoms with van der Waals surface area (Å²) in [5, 5.41) is 0. The Morgan fingerprint density at radius 3 is 1.85 bits per heavy atom. The van der Waals surface area contributed by atoms with Gasteiger partial charge in [-0.15, -0.1) is 13.2 Å². The van der Waals surface area contributed by atoms with Gasteiger partial charge in [0.25, 0.3) is 0 Å². The predicted molar refractivity (Wildman–Crippen MR) is 88.4 cm³/mol. The van der Waals surface area contributed by atoms with E-state index in [9.17, 15) is 4.79 Å². The molecule has 0 fully saturated rings. The minimum Gasteiger partial charge on any atom is -0.298 e. The van der Waals surface area contributed by atoms with Crippen LogP contribution in [-0.2, 0) is 0 Å². The molecule has 2 rings (SSSR count). The van der Waals surface area contributed by atoms with E-state index < -0.39 is 0 Å². The van der Waals surface area contributed by atoms with Gasteiger partial charge in [-0.05, 0) is 36.0 Å². The summed E-state index contributed by atoms with van der Waals surface area (Å²) in [6, 6.07) is 3.68. The Balaban J connectivity index is 2.06. The molecular weight excluding hydrogens is 288 g/mol. The van der Waals surface area contributed by atoms with Crippen molar-refractivity contribution in [1.29, 1.82) is 0 Å². The minimum atomic E-state index is 0.0425. The molecule has 5 heteroatoms. The van der Waals surface area contributed by atoms with E-state index in [1.807, 2.05) is 57.0 Å². The number of carbonyl (C=O) groups is 1. The highest BCUT2D eigenvalue weighted by Crippen LogP contribution is 2.17. The normalized spacial score (nSPS) is 10.4. The Bertz CT molecular complexity index is 561. The van der Waals surface area contributed by atoms with Gasteiger partial charge in [-0.2, -0.15) is 0 Å². The molecule has 0 amide bonds. The number of rotatable bonds is 8. The van der Waals surface area contributed by atoms with Crippen LogP contribution in [-0.4, -0.2) is 25.2 Å². The van der Waals surface area contributed by atoms with Crippen LogP contribution in [0, 0.1) is 0 Å². The molecule has 0 spiro atoms. The largest absolute Gasteiger partial charge is 0.298 e. The summed E-state index contributed by atoms with van der Waals surface area (Å²) >= 11 is 3.19. The lowest BCUT2D eigenvalue weighted by molar-refractivity contribution is 0.103. The number of ketones is 1. The van der Waals surface area contributed by atoms with Crippen LogP contribution in [0.1, 0.15) is 15.9 Å². The molecular formula is C15H16N2OS2. The Kier molecular flexibility index (Phi) is 5.38. The molecule has 0 bridgehead atoms. The summed E-state index contributed by atoms with van der Waals surface area (Å²) in [7, 11) is 0. The summed E-state index contributed by atoms with van der Waals surface area (Å²) in [5.41, 5.74) is 1.40. The average Bonchev–Trinajstić information content (AvgIpc) is 3.11. The van der Waals surface area contributed by atoms with Gasteiger partial charge in [0.2, 0.25) is 0 Å². The molecule has 2 aromatic heterocycles. The number of hydrogen-bond donors (Lipinski definition) is 0. The molecule has 0 aliphatic heterocycles. The second kappa shape index (κ2) is 7.26. The van der Waals surface area contributed by atoms with E-state index in [4.69, 9.17) is 0 Å². The van der Waals surface area contributed by atoms with Crippen molar-refractivity contribution >= 4 is 29.7 Å². The predicted octanol–water partition coefficient (Wildman–Crippen LogP) is 3.89. The second-order valence-electron chi connectivity index (χ2n) is 4.02. The van der Waals surface area contributed by atoms with Crippen LogP contribution < -0.4 is 0 Å². The Morgan fingerprint density at radius 1 is 1.00 bits per heavy atom. The molecule has 0 N–H and O–H groups in total. The number of carbonyl (C=O) groups excluding carboxylic acids is 1. The fraction of sp³-hybridized carbons (Fsp3) is 0.133. The zero-order valence-corrected chi connectivity index (χ0v) is 12.7. The van der Waals surface area contributed by atoms with Crippen molar-refractivity contribution in [3.8, 4) is 0 Å². The van der Waals surface area contributed by atoms with Crippen molar-refractivity contribution in [3.63, 3.8) is 0 Å². The Labute approximate surface area is 127 Å². The van der Waals surface area contributed by atoms with E-state index in [-0.39, 0.29) is 5.78 Å². The van der Waals surface area contributed by atoms with E-state index in [0.717, 1.165) is 11.5 Å². The zero-order chi connectivity index (χ0) is 14.4. The van der Waals surface area contributed by atoms with Gasteiger partial charge in [-0.3, -0.25) is 12.7 Å². The van der Waals surface area contributed by atoms with Gasteiger partial charge in [0, 0.05) is 47.4 Å². The maximum atomic E-state index is 12.3. The third-order valence-electron chi connectivity index (χ3n) is 2.54. The Hall–Kier alpha value is -1.59. The van der Waals surface area contributed by atoms with Crippen molar-refractivity contribution in [3.05, 3.63) is 73.4 Å². The minimum absolute atomic E-state index is 0.0425. The summed E-state index contributed by atoms with van der Waals surface area (Å²) in [5.74, 6) is 1.68. The van der Waals surface area contributed by atoms with Gasteiger partial charge in [0.1, 0.15) is 0 Å². The van der Waals surface area contributed by atoms with Crippen LogP contribution in [0.3, 0.4) is 0 Å². The molecule has 0 unspecified atom stereocenters. The second-order valence-corrected chi connectivity index (χ2v) is 6.04. The maximum absolute atomic E-state index is 12.3. The molecule has 3 nitrogen and oxygen atoms in total. The van der Waals surface area contributed by atoms with Crippen molar-refractivity contribution in [2.45, 2.75) is 0 Å². The van der Waals surface area contributed by atoms with Crippen molar-refractivity contribution < 1.29 is 4.79 Å². The highest BCUT2D eigenvalue weighted by molar-refractivity contribution is 7.98. The lowest BCUT2D eigenvalue weighted by atomic mass is 10.1. The highest BCUT2D eigenvalue weighted by atomic mass is 32.2. The number of nitrogens with zero attached hydrogens (tertiary/aromatic N) is 2. The lowest BCUT2D eigenvalue weighted by Gasteiger charge is -1.98. The Morgan fingerprint density at radius 2 is 1.45 bits per heavy atom. The van der Waals surface area contributed by atoms with Crippen LogP contribution in [0.15, 0.2) is 62.2 Å². The molecule has 0 aliphatic rings. The van der Waals surface area contributed by atoms with Crippen LogP contribution in [0.5, 0.6) is 0 Å². The van der Waals surface area contributed by atoms with Crippen LogP contribution in [0.25, 0.3) is 0 Å². The first-order chi connectivity index (χ1) is 9.74. The topological polar surface area (TPSA) is 26.9 Å². The fourth-order valence-electron chi connectivity index (χ4n) is 1.63. The summed E-state index contributed by atoms with van der Waals surface area (Å²) < 4.78 is 3.86. The first kappa shape index (κ1) is 14.8. The first-order valence-corrected chi connectivity index (χ1v) is 8.02. The van der Waals surface area contributed by atoms with Gasteiger partial charge >= 0.3 is 0 Å². The smallest absolute Gasteiger partial charge is 0.196 e. The molecule has 0 atom stereocenters. The van der Waals surface area contributed by atoms with Crippen LogP contribution in [0.4, 0.5) is 0 Å². The third kappa shape index (κ3) is 3.71. The van der Waals surface area contributed by atoms with Crippen molar-refractivity contribution in [2.75, 3.05) is 11.5 Å². The highest BCUT2D eigenvalue weighted by Gasteiger charge is 2.12. The molecule has 104 valence electrons. The standard InChI is InChI=1S/C15H16N2OS2/c1-3-9-19-16-7-5-13(11-16)15(18)14-6-8-17(12-14)20-10-4-2/h3-8,11-12H,1-2,9-10H2. The van der Waals surface area contributed by atoms with E-state index in [1.54, 1.807) is 23.9 Å². The zero-order valence-electron chi connectivity index (χ0n) is 11.1. The monoisotopic (exact) mass is 304 g/mol. The molecule has 0 aliphatic carbocycles. The van der Waals surface area contributed by atoms with Gasteiger partial charge in [-0.1, -0.05) is 12.2 Å². The van der Waals surface area contributed by atoms with E-state index in [2.05, 4.69) is 13.2 Å². The van der Waals surface area contributed by atoms with Gasteiger partial charge < -0.3 is 0 Å². The van der Waals surface area contributed by atoms with Crippen molar-refractivity contribution in [1.82, 2.24) is 7.94 Å². The quantitative estimate of drug-likeness (QED) is 0.547. The molecule has 2 aromatic rings. The van der Waals surface area contributed by atoms with E-state index in [1.165, 1.54) is 0 Å². The lowest BCUT2D eigenvalue weighted by Crippen LogP contribution is -1.98. The van der Waals surface area contributed by atoms with Gasteiger partial charge in [0.05, 0.1) is 0 Å². The molecule has 0 saturated carbocycles. The summed E-state index contributed by atoms with van der Waals surface area (Å²) in [6.45, 7) is 7.36. The third-order valence-corrected chi connectivity index (χ3v) is 4.36. The van der Waals surface area contributed by atoms with E-state index in [0.29, 0.717) is 11.1 Å². The molecule has 2 heterocycles. The summed E-state index contributed by atoms with van der Waals surface area (Å²) in [4.78, 5) is 12.3. The molecule has 0 radical (unpaired) electrons. The SMILES string of the molecule is C=CCSn1ccc(C(=O)c2ccn(SCC=C)c2)c1. The first-order valence-electron chi connectivity index (χ1n) is 6.13.